The van der Waals surface area contributed by atoms with Crippen LogP contribution in [0.3, 0.4) is 0 Å². The van der Waals surface area contributed by atoms with Crippen LogP contribution in [0.1, 0.15) is 11.1 Å². The third kappa shape index (κ3) is 3.49. The van der Waals surface area contributed by atoms with Gasteiger partial charge in [-0.3, -0.25) is 0 Å². The van der Waals surface area contributed by atoms with Crippen LogP contribution in [0.15, 0.2) is 24.3 Å². The van der Waals surface area contributed by atoms with E-state index in [9.17, 15) is 0 Å². The first-order valence-corrected chi connectivity index (χ1v) is 5.29. The average Bonchev–Trinajstić information content (AvgIpc) is 2.19. The lowest BCUT2D eigenvalue weighted by atomic mass is 10.2. The smallest absolute Gasteiger partial charge is 0.0991 e. The van der Waals surface area contributed by atoms with Crippen molar-refractivity contribution in [2.45, 2.75) is 5.75 Å². The number of rotatable bonds is 4. The van der Waals surface area contributed by atoms with Gasteiger partial charge in [0.05, 0.1) is 11.6 Å². The van der Waals surface area contributed by atoms with E-state index in [1.165, 1.54) is 5.56 Å². The molecule has 1 aromatic carbocycles. The van der Waals surface area contributed by atoms with Gasteiger partial charge in [0, 0.05) is 18.1 Å². The van der Waals surface area contributed by atoms with E-state index in [4.69, 9.17) is 11.0 Å². The second-order valence-electron chi connectivity index (χ2n) is 2.65. The van der Waals surface area contributed by atoms with E-state index in [1.54, 1.807) is 11.8 Å². The maximum absolute atomic E-state index is 8.66. The summed E-state index contributed by atoms with van der Waals surface area (Å²) in [6, 6.07) is 9.81. The molecule has 0 atom stereocenters. The summed E-state index contributed by atoms with van der Waals surface area (Å²) in [7, 11) is 0. The van der Waals surface area contributed by atoms with Gasteiger partial charge in [0.2, 0.25) is 0 Å². The van der Waals surface area contributed by atoms with Crippen molar-refractivity contribution in [1.82, 2.24) is 0 Å². The molecule has 13 heavy (non-hydrogen) atoms. The minimum Gasteiger partial charge on any atom is -0.330 e. The Morgan fingerprint density at radius 2 is 2.31 bits per heavy atom. The summed E-state index contributed by atoms with van der Waals surface area (Å²) in [6.07, 6.45) is 0. The van der Waals surface area contributed by atoms with Crippen LogP contribution in [0.4, 0.5) is 0 Å². The van der Waals surface area contributed by atoms with Gasteiger partial charge < -0.3 is 5.73 Å². The zero-order valence-corrected chi connectivity index (χ0v) is 8.18. The number of nitrogens with zero attached hydrogens (tertiary/aromatic N) is 1. The van der Waals surface area contributed by atoms with Crippen molar-refractivity contribution in [2.24, 2.45) is 5.73 Å². The molecule has 0 aliphatic heterocycles. The van der Waals surface area contributed by atoms with Crippen LogP contribution in [0, 0.1) is 11.3 Å². The molecule has 2 nitrogen and oxygen atoms in total. The third-order valence-corrected chi connectivity index (χ3v) is 2.65. The zero-order valence-electron chi connectivity index (χ0n) is 7.36. The van der Waals surface area contributed by atoms with E-state index >= 15 is 0 Å². The van der Waals surface area contributed by atoms with Crippen LogP contribution in [-0.4, -0.2) is 12.3 Å². The Hall–Kier alpha value is -0.980. The summed E-state index contributed by atoms with van der Waals surface area (Å²) >= 11 is 1.79. The Kier molecular flexibility index (Phi) is 4.37. The van der Waals surface area contributed by atoms with E-state index in [2.05, 4.69) is 6.07 Å². The molecule has 0 aliphatic carbocycles. The predicted octanol–water partition coefficient (Wildman–Crippen LogP) is 1.75. The first kappa shape index (κ1) is 10.1. The number of benzene rings is 1. The normalized spacial score (nSPS) is 9.54. The summed E-state index contributed by atoms with van der Waals surface area (Å²) in [6.45, 7) is 0.711. The molecule has 0 heterocycles. The summed E-state index contributed by atoms with van der Waals surface area (Å²) in [5.41, 5.74) is 7.30. The summed E-state index contributed by atoms with van der Waals surface area (Å²) in [4.78, 5) is 0. The van der Waals surface area contributed by atoms with Gasteiger partial charge in [0.15, 0.2) is 0 Å². The summed E-state index contributed by atoms with van der Waals surface area (Å²) in [5.74, 6) is 1.91. The maximum atomic E-state index is 8.66. The number of nitrogens with two attached hydrogens (primary N) is 1. The van der Waals surface area contributed by atoms with Crippen molar-refractivity contribution in [3.05, 3.63) is 35.4 Å². The Bertz CT molecular complexity index is 304. The molecule has 0 bridgehead atoms. The Labute approximate surface area is 82.7 Å². The number of hydrogen-bond acceptors (Lipinski definition) is 3. The SMILES string of the molecule is N#Cc1cccc(CSCCN)c1. The van der Waals surface area contributed by atoms with Crippen LogP contribution in [0.25, 0.3) is 0 Å². The van der Waals surface area contributed by atoms with Gasteiger partial charge in [-0.25, -0.2) is 0 Å². The highest BCUT2D eigenvalue weighted by molar-refractivity contribution is 7.98. The lowest BCUT2D eigenvalue weighted by Gasteiger charge is -2.00. The van der Waals surface area contributed by atoms with Crippen molar-refractivity contribution in [3.8, 4) is 6.07 Å². The topological polar surface area (TPSA) is 49.8 Å². The van der Waals surface area contributed by atoms with Crippen LogP contribution in [0.2, 0.25) is 0 Å². The Balaban J connectivity index is 2.52. The second kappa shape index (κ2) is 5.63. The van der Waals surface area contributed by atoms with Crippen LogP contribution in [-0.2, 0) is 5.75 Å². The van der Waals surface area contributed by atoms with Gasteiger partial charge in [-0.15, -0.1) is 0 Å². The molecular weight excluding hydrogens is 180 g/mol. The molecule has 0 saturated carbocycles. The van der Waals surface area contributed by atoms with E-state index < -0.39 is 0 Å². The highest BCUT2D eigenvalue weighted by Crippen LogP contribution is 2.12. The van der Waals surface area contributed by atoms with Crippen molar-refractivity contribution in [3.63, 3.8) is 0 Å². The first-order chi connectivity index (χ1) is 6.36. The molecule has 3 heteroatoms. The van der Waals surface area contributed by atoms with Gasteiger partial charge in [0.1, 0.15) is 0 Å². The number of nitriles is 1. The molecule has 0 unspecified atom stereocenters. The standard InChI is InChI=1S/C10H12N2S/c11-4-5-13-8-10-3-1-2-9(6-10)7-12/h1-3,6H,4-5,8,11H2. The fourth-order valence-corrected chi connectivity index (χ4v) is 1.73. The monoisotopic (exact) mass is 192 g/mol. The predicted molar refractivity (Wildman–Crippen MR) is 56.4 cm³/mol. The highest BCUT2D eigenvalue weighted by atomic mass is 32.2. The first-order valence-electron chi connectivity index (χ1n) is 4.13. The van der Waals surface area contributed by atoms with E-state index in [1.807, 2.05) is 24.3 Å². The Morgan fingerprint density at radius 3 is 3.00 bits per heavy atom. The summed E-state index contributed by atoms with van der Waals surface area (Å²) < 4.78 is 0. The molecular formula is C10H12N2S. The molecule has 0 spiro atoms. The third-order valence-electron chi connectivity index (χ3n) is 1.59. The van der Waals surface area contributed by atoms with Crippen molar-refractivity contribution in [1.29, 1.82) is 5.26 Å². The van der Waals surface area contributed by atoms with Crippen LogP contribution < -0.4 is 5.73 Å². The van der Waals surface area contributed by atoms with Crippen molar-refractivity contribution in [2.75, 3.05) is 12.3 Å². The van der Waals surface area contributed by atoms with E-state index in [0.717, 1.165) is 17.1 Å². The fraction of sp³-hybridized carbons (Fsp3) is 0.300. The second-order valence-corrected chi connectivity index (χ2v) is 3.76. The molecule has 0 radical (unpaired) electrons. The van der Waals surface area contributed by atoms with Gasteiger partial charge in [0.25, 0.3) is 0 Å². The van der Waals surface area contributed by atoms with Crippen LogP contribution in [0.5, 0.6) is 0 Å². The van der Waals surface area contributed by atoms with E-state index in [0.29, 0.717) is 6.54 Å². The van der Waals surface area contributed by atoms with Gasteiger partial charge in [-0.1, -0.05) is 12.1 Å². The van der Waals surface area contributed by atoms with Crippen molar-refractivity contribution < 1.29 is 0 Å². The maximum Gasteiger partial charge on any atom is 0.0991 e. The van der Waals surface area contributed by atoms with Gasteiger partial charge >= 0.3 is 0 Å². The van der Waals surface area contributed by atoms with E-state index in [-0.39, 0.29) is 0 Å². The lowest BCUT2D eigenvalue weighted by Crippen LogP contribution is -2.01. The molecule has 0 aromatic heterocycles. The quantitative estimate of drug-likeness (QED) is 0.739. The molecule has 68 valence electrons. The molecule has 0 saturated heterocycles. The number of hydrogen-bond donors (Lipinski definition) is 1. The molecule has 1 aromatic rings. The Morgan fingerprint density at radius 1 is 1.46 bits per heavy atom. The minimum absolute atomic E-state index is 0.711. The highest BCUT2D eigenvalue weighted by Gasteiger charge is 1.94. The van der Waals surface area contributed by atoms with Crippen molar-refractivity contribution >= 4 is 11.8 Å². The lowest BCUT2D eigenvalue weighted by molar-refractivity contribution is 1.15. The van der Waals surface area contributed by atoms with Gasteiger partial charge in [-0.2, -0.15) is 17.0 Å². The molecule has 1 rings (SSSR count). The minimum atomic E-state index is 0.711. The fourth-order valence-electron chi connectivity index (χ4n) is 1.00. The van der Waals surface area contributed by atoms with Crippen LogP contribution >= 0.6 is 11.8 Å². The average molecular weight is 192 g/mol. The summed E-state index contributed by atoms with van der Waals surface area (Å²) in [5, 5.41) is 8.66. The molecule has 0 amide bonds. The number of thioether (sulfide) groups is 1. The molecule has 2 N–H and O–H groups in total. The van der Waals surface area contributed by atoms with Gasteiger partial charge in [-0.05, 0) is 17.7 Å². The molecule has 0 aliphatic rings. The molecule has 0 fully saturated rings. The zero-order chi connectivity index (χ0) is 9.52. The largest absolute Gasteiger partial charge is 0.330 e.